The third-order valence-electron chi connectivity index (χ3n) is 9.84. The van der Waals surface area contributed by atoms with E-state index in [0.29, 0.717) is 40.0 Å². The standard InChI is InChI=1S/C22H15ClF7N3O2S.C11H6Cl2N2O2S.C11H10F7N.ClH/c1-10-7-12(20(24,21(25,26)27)22(28,29)30)8-11(2)16(10)32-18(35)15-9-36-19(31-15)33-17(34)13-5-3-4-6-14(13)23;12-7-4-2-1-3-6(7)10(17)15-11-14-8(5-18-11)9(13)16;1-5-3-7(4-6(2)8(5)19)9(12,10(13,14)15)11(16,17)18;/h3-9H,1-2H3,(H,32,35)(H,31,33,34);1-5H,(H,14,15,17);3-4H,19H2,1-2H3;1H/p-1. The lowest BCUT2D eigenvalue weighted by molar-refractivity contribution is -0.349. The van der Waals surface area contributed by atoms with Crippen molar-refractivity contribution in [3.05, 3.63) is 149 Å². The Labute approximate surface area is 438 Å². The molecule has 10 nitrogen and oxygen atoms in total. The summed E-state index contributed by atoms with van der Waals surface area (Å²) < 4.78 is 182. The molecule has 0 saturated heterocycles. The quantitative estimate of drug-likeness (QED) is 0.0638. The number of nitrogens with one attached hydrogen (secondary N) is 3. The normalized spacial score (nSPS) is 12.0. The number of alkyl halides is 14. The fraction of sp³-hybridized carbons (Fsp3) is 0.227. The Morgan fingerprint density at radius 1 is 0.514 bits per heavy atom. The van der Waals surface area contributed by atoms with E-state index >= 15 is 0 Å². The van der Waals surface area contributed by atoms with E-state index in [0.717, 1.165) is 36.5 Å². The average molecular weight is 1180 g/mol. The first kappa shape index (κ1) is 62.5. The summed E-state index contributed by atoms with van der Waals surface area (Å²) in [4.78, 5) is 55.5. The summed E-state index contributed by atoms with van der Waals surface area (Å²) in [6.07, 6.45) is -24.7. The van der Waals surface area contributed by atoms with Crippen LogP contribution in [0.25, 0.3) is 0 Å². The number of carbonyl (C=O) groups is 4. The van der Waals surface area contributed by atoms with Gasteiger partial charge in [0.25, 0.3) is 23.0 Å². The zero-order valence-electron chi connectivity index (χ0n) is 37.3. The second-order valence-electron chi connectivity index (χ2n) is 15.0. The number of nitrogens with two attached hydrogens (primary N) is 1. The fourth-order valence-corrected chi connectivity index (χ4v) is 8.14. The Hall–Kier alpha value is -5.80. The number of rotatable bonds is 9. The predicted molar refractivity (Wildman–Crippen MR) is 247 cm³/mol. The monoisotopic (exact) mass is 1180 g/mol. The predicted octanol–water partition coefficient (Wildman–Crippen LogP) is 11.8. The van der Waals surface area contributed by atoms with E-state index in [4.69, 9.17) is 40.5 Å². The molecule has 2 aromatic heterocycles. The Bertz CT molecular complexity index is 2960. The number of hydrogen-bond donors (Lipinski definition) is 4. The maximum absolute atomic E-state index is 14.4. The molecule has 74 heavy (non-hydrogen) atoms. The number of hydrogen-bond acceptors (Lipinski definition) is 9. The van der Waals surface area contributed by atoms with Crippen LogP contribution in [0.1, 0.15) is 75.1 Å². The minimum absolute atomic E-state index is 0. The molecule has 0 radical (unpaired) electrons. The van der Waals surface area contributed by atoms with Crippen molar-refractivity contribution in [2.24, 2.45) is 0 Å². The van der Waals surface area contributed by atoms with Crippen LogP contribution in [0.4, 0.5) is 83.1 Å². The Morgan fingerprint density at radius 3 is 1.16 bits per heavy atom. The molecule has 5 N–H and O–H groups in total. The number of carbonyl (C=O) groups excluding carboxylic acids is 4. The molecule has 400 valence electrons. The lowest BCUT2D eigenvalue weighted by atomic mass is 9.90. The lowest BCUT2D eigenvalue weighted by Crippen LogP contribution is -3.00. The summed E-state index contributed by atoms with van der Waals surface area (Å²) in [6, 6.07) is 14.5. The topological polar surface area (TPSA) is 156 Å². The molecule has 0 saturated carbocycles. The molecule has 6 aromatic rings. The van der Waals surface area contributed by atoms with Crippen LogP contribution in [0.15, 0.2) is 83.6 Å². The highest BCUT2D eigenvalue weighted by Crippen LogP contribution is 2.55. The zero-order chi connectivity index (χ0) is 55.4. The molecule has 0 aliphatic rings. The number of nitrogen functional groups attached to an aromatic ring is 1. The van der Waals surface area contributed by atoms with Gasteiger partial charge in [0.1, 0.15) is 11.4 Å². The number of aryl methyl sites for hydroxylation is 4. The van der Waals surface area contributed by atoms with E-state index in [1.807, 2.05) is 0 Å². The van der Waals surface area contributed by atoms with E-state index in [2.05, 4.69) is 25.9 Å². The average Bonchev–Trinajstić information content (AvgIpc) is 3.95. The molecule has 3 amide bonds. The van der Waals surface area contributed by atoms with Crippen LogP contribution in [0.5, 0.6) is 0 Å². The first-order valence-corrected chi connectivity index (χ1v) is 22.5. The zero-order valence-corrected chi connectivity index (χ0v) is 42.0. The molecule has 0 atom stereocenters. The molecule has 0 spiro atoms. The number of halogens is 18. The number of aromatic nitrogens is 2. The second kappa shape index (κ2) is 23.8. The van der Waals surface area contributed by atoms with Gasteiger partial charge in [-0.1, -0.05) is 71.7 Å². The van der Waals surface area contributed by atoms with Crippen LogP contribution in [-0.2, 0) is 11.3 Å². The number of thiazole rings is 2. The van der Waals surface area contributed by atoms with Crippen molar-refractivity contribution >= 4 is 102 Å². The van der Waals surface area contributed by atoms with E-state index in [1.165, 1.54) is 36.7 Å². The minimum Gasteiger partial charge on any atom is -1.00 e. The van der Waals surface area contributed by atoms with Gasteiger partial charge < -0.3 is 23.5 Å². The number of nitrogens with zero attached hydrogens (tertiary/aromatic N) is 2. The molecule has 0 aliphatic heterocycles. The van der Waals surface area contributed by atoms with Gasteiger partial charge in [0.2, 0.25) is 0 Å². The summed E-state index contributed by atoms with van der Waals surface area (Å²) in [7, 11) is 0. The Morgan fingerprint density at radius 2 is 0.838 bits per heavy atom. The molecule has 30 heteroatoms. The van der Waals surface area contributed by atoms with E-state index < -0.39 is 64.2 Å². The van der Waals surface area contributed by atoms with Gasteiger partial charge in [0.15, 0.2) is 10.3 Å². The van der Waals surface area contributed by atoms with Crippen molar-refractivity contribution in [3.63, 3.8) is 0 Å². The first-order chi connectivity index (χ1) is 33.5. The maximum Gasteiger partial charge on any atom is 0.435 e. The summed E-state index contributed by atoms with van der Waals surface area (Å²) in [5, 5.41) is 10.3. The van der Waals surface area contributed by atoms with Gasteiger partial charge in [-0.05, 0) is 85.8 Å². The van der Waals surface area contributed by atoms with Gasteiger partial charge in [0.05, 0.1) is 21.2 Å². The molecular weight excluding hydrogens is 1150 g/mol. The summed E-state index contributed by atoms with van der Waals surface area (Å²) >= 11 is 19.1. The van der Waals surface area contributed by atoms with Gasteiger partial charge in [-0.3, -0.25) is 29.8 Å². The van der Waals surface area contributed by atoms with Crippen molar-refractivity contribution in [2.45, 2.75) is 63.7 Å². The van der Waals surface area contributed by atoms with Crippen LogP contribution in [0, 0.1) is 27.7 Å². The highest BCUT2D eigenvalue weighted by atomic mass is 35.5. The van der Waals surface area contributed by atoms with Crippen molar-refractivity contribution in [2.75, 3.05) is 21.7 Å². The largest absolute Gasteiger partial charge is 1.00 e. The van der Waals surface area contributed by atoms with Crippen LogP contribution in [0.2, 0.25) is 10.0 Å². The molecule has 2 heterocycles. The molecular formula is C44H31Cl4F14N6O4S2-. The molecule has 6 rings (SSSR count). The van der Waals surface area contributed by atoms with Gasteiger partial charge in [-0.2, -0.15) is 52.7 Å². The first-order valence-electron chi connectivity index (χ1n) is 19.6. The number of benzene rings is 4. The second-order valence-corrected chi connectivity index (χ2v) is 17.9. The third kappa shape index (κ3) is 13.9. The summed E-state index contributed by atoms with van der Waals surface area (Å²) in [6.45, 7) is 4.66. The summed E-state index contributed by atoms with van der Waals surface area (Å²) in [5.41, 5.74) is -9.02. The smallest absolute Gasteiger partial charge is 0.435 e. The fourth-order valence-electron chi connectivity index (χ4n) is 6.16. The maximum atomic E-state index is 14.4. The van der Waals surface area contributed by atoms with Crippen LogP contribution in [0.3, 0.4) is 0 Å². The van der Waals surface area contributed by atoms with Gasteiger partial charge >= 0.3 is 36.0 Å². The van der Waals surface area contributed by atoms with E-state index in [9.17, 15) is 80.6 Å². The van der Waals surface area contributed by atoms with E-state index in [1.54, 1.807) is 36.4 Å². The van der Waals surface area contributed by atoms with Crippen LogP contribution in [-0.4, -0.2) is 57.6 Å². The molecule has 0 fully saturated rings. The lowest BCUT2D eigenvalue weighted by Gasteiger charge is -2.31. The highest BCUT2D eigenvalue weighted by molar-refractivity contribution is 7.14. The third-order valence-corrected chi connectivity index (χ3v) is 12.2. The van der Waals surface area contributed by atoms with Crippen LogP contribution < -0.4 is 34.1 Å². The minimum atomic E-state index is -6.26. The van der Waals surface area contributed by atoms with Gasteiger partial charge in [-0.15, -0.1) is 22.7 Å². The Balaban J connectivity index is 0.000000320. The number of anilines is 4. The van der Waals surface area contributed by atoms with Gasteiger partial charge in [-0.25, -0.2) is 18.7 Å². The SMILES string of the molecule is Cc1cc(C(F)(C(F)(F)F)C(F)(F)F)cc(C)c1N.Cc1cc(C(F)(C(F)(F)F)C(F)(F)F)cc(C)c1NC(=O)c1csc(NC(=O)c2ccccc2Cl)n1.O=C(Cl)c1csc(NC(=O)c2ccccc2Cl)n1.[Cl-]. The molecule has 0 aliphatic carbocycles. The van der Waals surface area contributed by atoms with Crippen molar-refractivity contribution in [3.8, 4) is 0 Å². The number of amides is 3. The van der Waals surface area contributed by atoms with Gasteiger partial charge in [0, 0.05) is 33.3 Å². The molecule has 0 unspecified atom stereocenters. The summed E-state index contributed by atoms with van der Waals surface area (Å²) in [5.74, 6) is -1.83. The Kier molecular flexibility index (Phi) is 20.1. The highest BCUT2D eigenvalue weighted by Gasteiger charge is 2.74. The van der Waals surface area contributed by atoms with E-state index in [-0.39, 0.29) is 79.0 Å². The van der Waals surface area contributed by atoms with Crippen molar-refractivity contribution in [1.82, 2.24) is 9.97 Å². The van der Waals surface area contributed by atoms with Crippen LogP contribution >= 0.6 is 57.5 Å². The van der Waals surface area contributed by atoms with Crippen molar-refractivity contribution < 1.29 is 93.1 Å². The molecule has 4 aromatic carbocycles. The van der Waals surface area contributed by atoms with Crippen molar-refractivity contribution in [1.29, 1.82) is 0 Å². The molecule has 0 bridgehead atoms.